The first-order valence-corrected chi connectivity index (χ1v) is 13.4. The fourth-order valence-electron chi connectivity index (χ4n) is 6.55. The molecule has 7 nitrogen and oxygen atoms in total. The predicted octanol–water partition coefficient (Wildman–Crippen LogP) is 3.74. The Kier molecular flexibility index (Phi) is 6.37. The summed E-state index contributed by atoms with van der Waals surface area (Å²) >= 11 is 1.65. The number of para-hydroxylation sites is 2. The summed E-state index contributed by atoms with van der Waals surface area (Å²) in [5.41, 5.74) is 3.37. The van der Waals surface area contributed by atoms with Gasteiger partial charge in [-0.3, -0.25) is 14.4 Å². The smallest absolute Gasteiger partial charge is 0.248 e. The Hall–Kier alpha value is -2.84. The van der Waals surface area contributed by atoms with Gasteiger partial charge in [0.15, 0.2) is 0 Å². The van der Waals surface area contributed by atoms with Gasteiger partial charge >= 0.3 is 0 Å². The number of benzene rings is 2. The SMILES string of the molecule is Cc1cccc(C)c1NC(=O)C1N(CCCO)C(=O)[C@@H]2[C@@H](C(=O)Nc3ccccc3)[C@@]3(C)CCC12S3. The van der Waals surface area contributed by atoms with Crippen LogP contribution in [0.25, 0.3) is 0 Å². The highest BCUT2D eigenvalue weighted by atomic mass is 32.2. The van der Waals surface area contributed by atoms with Gasteiger partial charge in [-0.1, -0.05) is 36.4 Å². The first-order valence-electron chi connectivity index (χ1n) is 12.6. The minimum absolute atomic E-state index is 0.0739. The number of aliphatic hydroxyl groups is 1. The van der Waals surface area contributed by atoms with Crippen LogP contribution in [0.2, 0.25) is 0 Å². The fourth-order valence-corrected chi connectivity index (χ4v) is 8.91. The number of hydrogen-bond acceptors (Lipinski definition) is 5. The molecule has 2 unspecified atom stereocenters. The molecule has 0 saturated carbocycles. The summed E-state index contributed by atoms with van der Waals surface area (Å²) in [5.74, 6) is -1.68. The molecular weight excluding hydrogens is 474 g/mol. The molecule has 0 aromatic heterocycles. The van der Waals surface area contributed by atoms with Gasteiger partial charge in [-0.15, -0.1) is 11.8 Å². The highest BCUT2D eigenvalue weighted by Crippen LogP contribution is 2.71. The van der Waals surface area contributed by atoms with Crippen molar-refractivity contribution >= 4 is 40.9 Å². The van der Waals surface area contributed by atoms with Crippen LogP contribution >= 0.6 is 11.8 Å². The zero-order valence-corrected chi connectivity index (χ0v) is 21.7. The maximum Gasteiger partial charge on any atom is 0.248 e. The molecule has 0 radical (unpaired) electrons. The molecule has 2 bridgehead atoms. The van der Waals surface area contributed by atoms with Crippen molar-refractivity contribution in [1.29, 1.82) is 0 Å². The molecule has 190 valence electrons. The van der Waals surface area contributed by atoms with Gasteiger partial charge in [0, 0.05) is 29.3 Å². The third-order valence-electron chi connectivity index (χ3n) is 8.14. The topological polar surface area (TPSA) is 98.7 Å². The number of rotatable bonds is 7. The van der Waals surface area contributed by atoms with Crippen LogP contribution in [0.1, 0.15) is 37.3 Å². The second-order valence-corrected chi connectivity index (χ2v) is 12.3. The van der Waals surface area contributed by atoms with E-state index in [-0.39, 0.29) is 30.9 Å². The molecule has 0 aliphatic carbocycles. The van der Waals surface area contributed by atoms with Crippen molar-refractivity contribution in [2.45, 2.75) is 55.6 Å². The number of aliphatic hydroxyl groups excluding tert-OH is 1. The van der Waals surface area contributed by atoms with Crippen molar-refractivity contribution < 1.29 is 19.5 Å². The number of carbonyl (C=O) groups is 3. The number of fused-ring (bicyclic) bond motifs is 1. The number of likely N-dealkylation sites (tertiary alicyclic amines) is 1. The van der Waals surface area contributed by atoms with Gasteiger partial charge in [0.25, 0.3) is 0 Å². The summed E-state index contributed by atoms with van der Waals surface area (Å²) < 4.78 is -1.11. The summed E-state index contributed by atoms with van der Waals surface area (Å²) in [7, 11) is 0. The third-order valence-corrected chi connectivity index (χ3v) is 10.1. The monoisotopic (exact) mass is 507 g/mol. The van der Waals surface area contributed by atoms with E-state index >= 15 is 0 Å². The number of hydrogen-bond donors (Lipinski definition) is 3. The molecule has 3 fully saturated rings. The molecule has 3 heterocycles. The Labute approximate surface area is 216 Å². The van der Waals surface area contributed by atoms with E-state index in [0.29, 0.717) is 18.5 Å². The Morgan fingerprint density at radius 1 is 1.03 bits per heavy atom. The molecule has 2 aromatic carbocycles. The number of anilines is 2. The van der Waals surface area contributed by atoms with Gasteiger partial charge in [0.1, 0.15) is 6.04 Å². The minimum atomic E-state index is -0.707. The molecule has 3 N–H and O–H groups in total. The molecule has 1 spiro atoms. The van der Waals surface area contributed by atoms with E-state index in [1.165, 1.54) is 0 Å². The van der Waals surface area contributed by atoms with Crippen molar-refractivity contribution in [3.63, 3.8) is 0 Å². The molecule has 3 amide bonds. The van der Waals surface area contributed by atoms with E-state index in [1.54, 1.807) is 16.7 Å². The summed E-state index contributed by atoms with van der Waals surface area (Å²) in [5, 5.41) is 15.7. The summed E-state index contributed by atoms with van der Waals surface area (Å²) in [6.45, 7) is 6.17. The molecule has 36 heavy (non-hydrogen) atoms. The molecule has 3 saturated heterocycles. The molecule has 5 rings (SSSR count). The van der Waals surface area contributed by atoms with Crippen molar-refractivity contribution in [2.24, 2.45) is 11.8 Å². The summed E-state index contributed by atoms with van der Waals surface area (Å²) in [6, 6.07) is 14.4. The lowest BCUT2D eigenvalue weighted by atomic mass is 9.66. The number of nitrogens with zero attached hydrogens (tertiary/aromatic N) is 1. The quantitative estimate of drug-likeness (QED) is 0.530. The lowest BCUT2D eigenvalue weighted by molar-refractivity contribution is -0.139. The normalized spacial score (nSPS) is 30.4. The van der Waals surface area contributed by atoms with Crippen LogP contribution < -0.4 is 10.6 Å². The van der Waals surface area contributed by atoms with Crippen LogP contribution in [0.5, 0.6) is 0 Å². The minimum Gasteiger partial charge on any atom is -0.396 e. The molecule has 3 aliphatic heterocycles. The predicted molar refractivity (Wildman–Crippen MR) is 142 cm³/mol. The number of carbonyl (C=O) groups excluding carboxylic acids is 3. The van der Waals surface area contributed by atoms with E-state index in [9.17, 15) is 19.5 Å². The Bertz CT molecular complexity index is 1180. The summed E-state index contributed by atoms with van der Waals surface area (Å²) in [6.07, 6.45) is 1.83. The lowest BCUT2D eigenvalue weighted by Gasteiger charge is -2.35. The van der Waals surface area contributed by atoms with Crippen LogP contribution in [0.3, 0.4) is 0 Å². The van der Waals surface area contributed by atoms with Crippen LogP contribution in [0.15, 0.2) is 48.5 Å². The molecule has 2 aromatic rings. The number of aryl methyl sites for hydroxylation is 2. The molecule has 8 heteroatoms. The van der Waals surface area contributed by atoms with Crippen LogP contribution in [-0.2, 0) is 14.4 Å². The molecular formula is C28H33N3O4S. The van der Waals surface area contributed by atoms with Crippen LogP contribution in [-0.4, -0.2) is 56.4 Å². The van der Waals surface area contributed by atoms with Gasteiger partial charge in [0.05, 0.1) is 16.6 Å². The lowest BCUT2D eigenvalue weighted by Crippen LogP contribution is -2.52. The Balaban J connectivity index is 1.51. The first kappa shape index (κ1) is 24.8. The van der Waals surface area contributed by atoms with Gasteiger partial charge in [-0.2, -0.15) is 0 Å². The van der Waals surface area contributed by atoms with E-state index in [2.05, 4.69) is 17.6 Å². The standard InChI is InChI=1S/C28H33N3O4S/c1-17-9-7-10-18(2)22(17)30-25(34)23-28-14-13-27(3,36-28)20(21(28)26(35)31(23)15-8-16-32)24(33)29-19-11-5-4-6-12-19/h4-7,9-12,20-21,23,32H,8,13-16H2,1-3H3,(H,29,33)(H,30,34)/t20-,21-,23?,27+,28?/m0/s1. The van der Waals surface area contributed by atoms with E-state index in [0.717, 1.165) is 23.2 Å². The van der Waals surface area contributed by atoms with Crippen molar-refractivity contribution in [3.05, 3.63) is 59.7 Å². The second-order valence-electron chi connectivity index (χ2n) is 10.4. The van der Waals surface area contributed by atoms with Gasteiger partial charge in [0.2, 0.25) is 17.7 Å². The average Bonchev–Trinajstić information content (AvgIpc) is 3.41. The van der Waals surface area contributed by atoms with Crippen LogP contribution in [0, 0.1) is 25.7 Å². The van der Waals surface area contributed by atoms with Crippen molar-refractivity contribution in [3.8, 4) is 0 Å². The molecule has 5 atom stereocenters. The first-order chi connectivity index (χ1) is 17.2. The van der Waals surface area contributed by atoms with Crippen LogP contribution in [0.4, 0.5) is 11.4 Å². The van der Waals surface area contributed by atoms with E-state index in [4.69, 9.17) is 0 Å². The number of thioether (sulfide) groups is 1. The third kappa shape index (κ3) is 3.82. The number of nitrogens with one attached hydrogen (secondary N) is 2. The highest BCUT2D eigenvalue weighted by Gasteiger charge is 2.77. The highest BCUT2D eigenvalue weighted by molar-refractivity contribution is 8.02. The maximum atomic E-state index is 14.0. The Morgan fingerprint density at radius 3 is 2.39 bits per heavy atom. The zero-order chi connectivity index (χ0) is 25.7. The average molecular weight is 508 g/mol. The van der Waals surface area contributed by atoms with Gasteiger partial charge < -0.3 is 20.6 Å². The van der Waals surface area contributed by atoms with Gasteiger partial charge in [-0.25, -0.2) is 0 Å². The van der Waals surface area contributed by atoms with Crippen molar-refractivity contribution in [1.82, 2.24) is 4.90 Å². The fraction of sp³-hybridized carbons (Fsp3) is 0.464. The largest absolute Gasteiger partial charge is 0.396 e. The number of amides is 3. The maximum absolute atomic E-state index is 14.0. The van der Waals surface area contributed by atoms with E-state index in [1.807, 2.05) is 62.4 Å². The van der Waals surface area contributed by atoms with E-state index < -0.39 is 27.4 Å². The van der Waals surface area contributed by atoms with Gasteiger partial charge in [-0.05, 0) is 63.3 Å². The second kappa shape index (κ2) is 9.23. The summed E-state index contributed by atoms with van der Waals surface area (Å²) in [4.78, 5) is 43.2. The molecule has 3 aliphatic rings. The zero-order valence-electron chi connectivity index (χ0n) is 20.9. The Morgan fingerprint density at radius 2 is 1.72 bits per heavy atom. The van der Waals surface area contributed by atoms with Crippen molar-refractivity contribution in [2.75, 3.05) is 23.8 Å².